The first kappa shape index (κ1) is 15.7. The van der Waals surface area contributed by atoms with Crippen molar-refractivity contribution in [3.8, 4) is 0 Å². The molecule has 0 aliphatic carbocycles. The number of thioether (sulfide) groups is 1. The van der Waals surface area contributed by atoms with Crippen LogP contribution in [0.25, 0.3) is 4.96 Å². The Morgan fingerprint density at radius 1 is 1.30 bits per heavy atom. The molecule has 0 amide bonds. The highest BCUT2D eigenvalue weighted by atomic mass is 35.5. The number of nitrogens with two attached hydrogens (primary N) is 1. The Bertz CT molecular complexity index is 821. The largest absolute Gasteiger partial charge is 0.337 e. The fourth-order valence-corrected chi connectivity index (χ4v) is 5.34. The normalized spacial score (nSPS) is 18.1. The van der Waals surface area contributed by atoms with E-state index in [0.717, 1.165) is 33.7 Å². The van der Waals surface area contributed by atoms with E-state index in [1.807, 2.05) is 22.7 Å². The van der Waals surface area contributed by atoms with Crippen LogP contribution in [0, 0.1) is 0 Å². The van der Waals surface area contributed by atoms with Gasteiger partial charge in [-0.1, -0.05) is 52.4 Å². The summed E-state index contributed by atoms with van der Waals surface area (Å²) in [7, 11) is 0. The van der Waals surface area contributed by atoms with Crippen LogP contribution in [0.15, 0.2) is 22.5 Å². The number of hydrogen-bond acceptors (Lipinski definition) is 5. The Labute approximate surface area is 151 Å². The van der Waals surface area contributed by atoms with Crippen LogP contribution in [0.3, 0.4) is 0 Å². The van der Waals surface area contributed by atoms with Gasteiger partial charge in [0.1, 0.15) is 6.04 Å². The summed E-state index contributed by atoms with van der Waals surface area (Å²) < 4.78 is 2.83. The summed E-state index contributed by atoms with van der Waals surface area (Å²) in [6.45, 7) is 1.15. The van der Waals surface area contributed by atoms with Gasteiger partial charge in [0.2, 0.25) is 10.8 Å². The zero-order chi connectivity index (χ0) is 15.8. The van der Waals surface area contributed by atoms with E-state index in [1.54, 1.807) is 23.1 Å². The molecule has 1 atom stereocenters. The van der Waals surface area contributed by atoms with E-state index in [0.29, 0.717) is 21.8 Å². The first-order chi connectivity index (χ1) is 11.2. The number of halogens is 2. The molecule has 0 spiro atoms. The topological polar surface area (TPSA) is 59.7 Å². The van der Waals surface area contributed by atoms with Gasteiger partial charge < -0.3 is 5.32 Å². The molecule has 9 heteroatoms. The van der Waals surface area contributed by atoms with Crippen molar-refractivity contribution in [3.05, 3.63) is 39.6 Å². The number of hydrogen-bond donors (Lipinski definition) is 1. The summed E-state index contributed by atoms with van der Waals surface area (Å²) in [5.74, 6) is 1.64. The second-order valence-electron chi connectivity index (χ2n) is 5.38. The summed E-state index contributed by atoms with van der Waals surface area (Å²) in [5.41, 5.74) is 0.941. The molecule has 1 aliphatic rings. The summed E-state index contributed by atoms with van der Waals surface area (Å²) >= 11 is 15.6. The minimum Gasteiger partial charge on any atom is -0.337 e. The van der Waals surface area contributed by atoms with Crippen molar-refractivity contribution in [2.45, 2.75) is 29.0 Å². The number of quaternary nitrogens is 1. The van der Waals surface area contributed by atoms with Gasteiger partial charge in [-0.05, 0) is 17.7 Å². The Kier molecular flexibility index (Phi) is 4.47. The predicted molar refractivity (Wildman–Crippen MR) is 93.4 cm³/mol. The van der Waals surface area contributed by atoms with Gasteiger partial charge in [0.05, 0.1) is 6.54 Å². The maximum Gasteiger partial charge on any atom is 0.235 e. The minimum absolute atomic E-state index is 0.378. The quantitative estimate of drug-likeness (QED) is 0.699. The van der Waals surface area contributed by atoms with Crippen LogP contribution in [-0.4, -0.2) is 26.4 Å². The SMILES string of the molecule is Clc1cccc(Cl)c1CSc1nn2c([C@H]3CCC[NH2+]3)nnc2s1. The van der Waals surface area contributed by atoms with Gasteiger partial charge in [-0.2, -0.15) is 4.52 Å². The Hall–Kier alpha value is -0.860. The molecule has 0 saturated carbocycles. The van der Waals surface area contributed by atoms with E-state index in [9.17, 15) is 0 Å². The van der Waals surface area contributed by atoms with Crippen molar-refractivity contribution >= 4 is 51.3 Å². The van der Waals surface area contributed by atoms with Gasteiger partial charge >= 0.3 is 0 Å². The lowest BCUT2D eigenvalue weighted by Gasteiger charge is -2.04. The fourth-order valence-electron chi connectivity index (χ4n) is 2.72. The summed E-state index contributed by atoms with van der Waals surface area (Å²) in [5, 5.41) is 16.9. The number of nitrogens with zero attached hydrogens (tertiary/aromatic N) is 4. The molecule has 2 N–H and O–H groups in total. The zero-order valence-electron chi connectivity index (χ0n) is 12.1. The molecule has 0 bridgehead atoms. The fraction of sp³-hybridized carbons (Fsp3) is 0.357. The molecule has 120 valence electrons. The first-order valence-electron chi connectivity index (χ1n) is 7.33. The number of aromatic nitrogens is 4. The zero-order valence-corrected chi connectivity index (χ0v) is 15.2. The first-order valence-corrected chi connectivity index (χ1v) is 9.89. The summed E-state index contributed by atoms with van der Waals surface area (Å²) in [6, 6.07) is 5.95. The molecule has 2 aromatic heterocycles. The third-order valence-electron chi connectivity index (χ3n) is 3.90. The molecule has 4 rings (SSSR count). The van der Waals surface area contributed by atoms with E-state index >= 15 is 0 Å². The Morgan fingerprint density at radius 2 is 2.13 bits per heavy atom. The molecule has 23 heavy (non-hydrogen) atoms. The molecule has 1 aromatic carbocycles. The molecule has 3 heterocycles. The maximum atomic E-state index is 6.22. The molecular formula is C14H14Cl2N5S2+. The maximum absolute atomic E-state index is 6.22. The Balaban J connectivity index is 1.56. The van der Waals surface area contributed by atoms with Crippen LogP contribution in [-0.2, 0) is 5.75 Å². The van der Waals surface area contributed by atoms with Gasteiger partial charge in [-0.15, -0.1) is 15.3 Å². The van der Waals surface area contributed by atoms with Crippen molar-refractivity contribution in [2.24, 2.45) is 0 Å². The molecule has 1 aliphatic heterocycles. The van der Waals surface area contributed by atoms with E-state index in [4.69, 9.17) is 23.2 Å². The monoisotopic (exact) mass is 386 g/mol. The number of rotatable bonds is 4. The van der Waals surface area contributed by atoms with Crippen LogP contribution in [0.5, 0.6) is 0 Å². The van der Waals surface area contributed by atoms with E-state index in [1.165, 1.54) is 6.42 Å². The van der Waals surface area contributed by atoms with E-state index in [2.05, 4.69) is 20.6 Å². The third kappa shape index (κ3) is 3.08. The smallest absolute Gasteiger partial charge is 0.235 e. The lowest BCUT2D eigenvalue weighted by atomic mass is 10.2. The molecule has 1 saturated heterocycles. The highest BCUT2D eigenvalue weighted by molar-refractivity contribution is 8.00. The predicted octanol–water partition coefficient (Wildman–Crippen LogP) is 3.18. The standard InChI is InChI=1S/C14H13Cl2N5S2/c15-9-3-1-4-10(16)8(9)7-22-14-20-21-12(11-5-2-6-17-11)18-19-13(21)23-14/h1,3-4,11,17H,2,5-7H2/p+1/t11-/m1/s1. The van der Waals surface area contributed by atoms with Crippen molar-refractivity contribution in [1.29, 1.82) is 0 Å². The lowest BCUT2D eigenvalue weighted by molar-refractivity contribution is -0.677. The Morgan fingerprint density at radius 3 is 2.87 bits per heavy atom. The van der Waals surface area contributed by atoms with Gasteiger partial charge in [0.15, 0.2) is 4.34 Å². The van der Waals surface area contributed by atoms with Crippen LogP contribution >= 0.6 is 46.3 Å². The van der Waals surface area contributed by atoms with Gasteiger partial charge in [0, 0.05) is 28.6 Å². The summed E-state index contributed by atoms with van der Waals surface area (Å²) in [6.07, 6.45) is 2.35. The van der Waals surface area contributed by atoms with Crippen LogP contribution < -0.4 is 5.32 Å². The average Bonchev–Trinajstić information content (AvgIpc) is 3.22. The van der Waals surface area contributed by atoms with Crippen molar-refractivity contribution in [2.75, 3.05) is 6.54 Å². The third-order valence-corrected chi connectivity index (χ3v) is 6.67. The second kappa shape index (κ2) is 6.57. The van der Waals surface area contributed by atoms with Crippen molar-refractivity contribution in [3.63, 3.8) is 0 Å². The van der Waals surface area contributed by atoms with Gasteiger partial charge in [-0.25, -0.2) is 0 Å². The van der Waals surface area contributed by atoms with Crippen LogP contribution in [0.2, 0.25) is 10.0 Å². The average molecular weight is 387 g/mol. The second-order valence-corrected chi connectivity index (χ2v) is 8.38. The van der Waals surface area contributed by atoms with Crippen LogP contribution in [0.1, 0.15) is 30.3 Å². The lowest BCUT2D eigenvalue weighted by Crippen LogP contribution is -2.82. The molecule has 1 fully saturated rings. The molecule has 3 aromatic rings. The molecular weight excluding hydrogens is 373 g/mol. The number of fused-ring (bicyclic) bond motifs is 1. The van der Waals surface area contributed by atoms with Crippen molar-refractivity contribution < 1.29 is 5.32 Å². The highest BCUT2D eigenvalue weighted by Gasteiger charge is 2.27. The molecule has 0 unspecified atom stereocenters. The van der Waals surface area contributed by atoms with Gasteiger partial charge in [-0.3, -0.25) is 0 Å². The van der Waals surface area contributed by atoms with Crippen LogP contribution in [0.4, 0.5) is 0 Å². The van der Waals surface area contributed by atoms with Crippen molar-refractivity contribution in [1.82, 2.24) is 19.8 Å². The van der Waals surface area contributed by atoms with Gasteiger partial charge in [0.25, 0.3) is 0 Å². The molecule has 5 nitrogen and oxygen atoms in total. The van der Waals surface area contributed by atoms with E-state index < -0.39 is 0 Å². The number of benzene rings is 1. The minimum atomic E-state index is 0.378. The summed E-state index contributed by atoms with van der Waals surface area (Å²) in [4.78, 5) is 0.841. The molecule has 0 radical (unpaired) electrons. The van der Waals surface area contributed by atoms with E-state index in [-0.39, 0.29) is 0 Å². The highest BCUT2D eigenvalue weighted by Crippen LogP contribution is 2.33.